The molecule has 2 heterocycles. The number of nitrogens with zero attached hydrogens (tertiary/aromatic N) is 3. The number of rotatable bonds is 6. The van der Waals surface area contributed by atoms with E-state index in [-0.39, 0.29) is 24.2 Å². The van der Waals surface area contributed by atoms with Crippen LogP contribution in [-0.4, -0.2) is 27.1 Å². The number of carbonyl (C=O) groups is 1. The summed E-state index contributed by atoms with van der Waals surface area (Å²) in [6.07, 6.45) is 4.37. The molecule has 2 aromatic heterocycles. The molecule has 0 aromatic carbocycles. The first-order valence-electron chi connectivity index (χ1n) is 8.02. The molecule has 124 valence electrons. The summed E-state index contributed by atoms with van der Waals surface area (Å²) >= 11 is 0. The van der Waals surface area contributed by atoms with Crippen LogP contribution < -0.4 is 5.32 Å². The Balaban J connectivity index is 1.73. The van der Waals surface area contributed by atoms with Gasteiger partial charge in [0, 0.05) is 13.0 Å². The molecule has 23 heavy (non-hydrogen) atoms. The zero-order valence-corrected chi connectivity index (χ0v) is 13.7. The Morgan fingerprint density at radius 1 is 1.52 bits per heavy atom. The van der Waals surface area contributed by atoms with Gasteiger partial charge in [0.05, 0.1) is 18.3 Å². The quantitative estimate of drug-likeness (QED) is 0.883. The first-order chi connectivity index (χ1) is 11.1. The van der Waals surface area contributed by atoms with Gasteiger partial charge in [0.1, 0.15) is 5.76 Å². The maximum absolute atomic E-state index is 12.8. The molecular formula is C16H22N4O3. The smallest absolute Gasteiger partial charge is 0.318 e. The molecule has 0 saturated heterocycles. The Morgan fingerprint density at radius 2 is 2.30 bits per heavy atom. The van der Waals surface area contributed by atoms with Crippen LogP contribution in [0.15, 0.2) is 27.3 Å². The second-order valence-electron chi connectivity index (χ2n) is 5.91. The van der Waals surface area contributed by atoms with Crippen molar-refractivity contribution >= 4 is 6.03 Å². The van der Waals surface area contributed by atoms with E-state index in [1.807, 2.05) is 30.9 Å². The van der Waals surface area contributed by atoms with Crippen molar-refractivity contribution in [2.75, 3.05) is 0 Å². The van der Waals surface area contributed by atoms with Crippen molar-refractivity contribution in [1.29, 1.82) is 0 Å². The van der Waals surface area contributed by atoms with Crippen LogP contribution in [0.25, 0.3) is 0 Å². The summed E-state index contributed by atoms with van der Waals surface area (Å²) in [6, 6.07) is 3.51. The summed E-state index contributed by atoms with van der Waals surface area (Å²) in [5.41, 5.74) is 0. The molecule has 1 fully saturated rings. The third-order valence-corrected chi connectivity index (χ3v) is 4.11. The predicted molar refractivity (Wildman–Crippen MR) is 82.6 cm³/mol. The van der Waals surface area contributed by atoms with Gasteiger partial charge in [0.25, 0.3) is 0 Å². The Kier molecular flexibility index (Phi) is 4.36. The first-order valence-corrected chi connectivity index (χ1v) is 8.02. The molecule has 1 N–H and O–H groups in total. The molecule has 1 aliphatic rings. The third-order valence-electron chi connectivity index (χ3n) is 4.11. The van der Waals surface area contributed by atoms with Crippen molar-refractivity contribution in [2.45, 2.75) is 58.2 Å². The number of amides is 2. The standard InChI is InChI=1S/C16H22N4O3/c1-4-13(15-17-11(3)23-19-15)18-16(21)20(12-7-8-12)10(2)14-6-5-9-22-14/h5-6,9-10,12-13H,4,7-8H2,1-3H3,(H,18,21). The number of carbonyl (C=O) groups excluding carboxylic acids is 1. The van der Waals surface area contributed by atoms with Gasteiger partial charge < -0.3 is 19.2 Å². The van der Waals surface area contributed by atoms with Crippen molar-refractivity contribution < 1.29 is 13.7 Å². The van der Waals surface area contributed by atoms with E-state index < -0.39 is 0 Å². The first kappa shape index (κ1) is 15.6. The van der Waals surface area contributed by atoms with Crippen LogP contribution in [0.1, 0.15) is 62.7 Å². The molecule has 2 unspecified atom stereocenters. The average molecular weight is 318 g/mol. The van der Waals surface area contributed by atoms with E-state index in [2.05, 4.69) is 15.5 Å². The van der Waals surface area contributed by atoms with Crippen LogP contribution in [0, 0.1) is 6.92 Å². The van der Waals surface area contributed by atoms with Crippen LogP contribution in [-0.2, 0) is 0 Å². The van der Waals surface area contributed by atoms with Gasteiger partial charge in [-0.2, -0.15) is 4.98 Å². The highest BCUT2D eigenvalue weighted by Crippen LogP contribution is 2.34. The van der Waals surface area contributed by atoms with E-state index in [9.17, 15) is 4.79 Å². The normalized spacial score (nSPS) is 16.8. The van der Waals surface area contributed by atoms with Crippen LogP contribution in [0.2, 0.25) is 0 Å². The van der Waals surface area contributed by atoms with Gasteiger partial charge in [0.2, 0.25) is 5.89 Å². The molecule has 0 bridgehead atoms. The third kappa shape index (κ3) is 3.38. The van der Waals surface area contributed by atoms with E-state index >= 15 is 0 Å². The van der Waals surface area contributed by atoms with Crippen LogP contribution in [0.3, 0.4) is 0 Å². The number of hydrogen-bond donors (Lipinski definition) is 1. The van der Waals surface area contributed by atoms with Crippen molar-refractivity contribution in [3.8, 4) is 0 Å². The molecule has 1 aliphatic carbocycles. The number of aryl methyl sites for hydroxylation is 1. The highest BCUT2D eigenvalue weighted by molar-refractivity contribution is 5.75. The number of urea groups is 1. The topological polar surface area (TPSA) is 84.4 Å². The summed E-state index contributed by atoms with van der Waals surface area (Å²) in [5.74, 6) is 1.80. The molecule has 0 radical (unpaired) electrons. The van der Waals surface area contributed by atoms with Gasteiger partial charge in [-0.15, -0.1) is 0 Å². The molecule has 7 heteroatoms. The van der Waals surface area contributed by atoms with Gasteiger partial charge in [-0.25, -0.2) is 4.79 Å². The molecule has 3 rings (SSSR count). The minimum Gasteiger partial charge on any atom is -0.467 e. The maximum Gasteiger partial charge on any atom is 0.318 e. The van der Waals surface area contributed by atoms with Gasteiger partial charge in [-0.3, -0.25) is 0 Å². The van der Waals surface area contributed by atoms with E-state index in [1.165, 1.54) is 0 Å². The number of nitrogens with one attached hydrogen (secondary N) is 1. The van der Waals surface area contributed by atoms with Crippen LogP contribution >= 0.6 is 0 Å². The molecule has 0 spiro atoms. The highest BCUT2D eigenvalue weighted by atomic mass is 16.5. The molecular weight excluding hydrogens is 296 g/mol. The summed E-state index contributed by atoms with van der Waals surface area (Å²) in [5, 5.41) is 6.94. The van der Waals surface area contributed by atoms with Crippen molar-refractivity contribution in [1.82, 2.24) is 20.4 Å². The van der Waals surface area contributed by atoms with E-state index in [1.54, 1.807) is 13.2 Å². The fraction of sp³-hybridized carbons (Fsp3) is 0.562. The van der Waals surface area contributed by atoms with Crippen molar-refractivity contribution in [3.05, 3.63) is 35.9 Å². The number of hydrogen-bond acceptors (Lipinski definition) is 5. The molecule has 7 nitrogen and oxygen atoms in total. The van der Waals surface area contributed by atoms with Gasteiger partial charge in [0.15, 0.2) is 5.82 Å². The zero-order valence-electron chi connectivity index (χ0n) is 13.7. The second kappa shape index (κ2) is 6.44. The molecule has 2 aromatic rings. The van der Waals surface area contributed by atoms with Gasteiger partial charge in [-0.05, 0) is 38.3 Å². The van der Waals surface area contributed by atoms with Crippen LogP contribution in [0.4, 0.5) is 4.79 Å². The highest BCUT2D eigenvalue weighted by Gasteiger charge is 2.38. The Bertz CT molecular complexity index is 648. The monoisotopic (exact) mass is 318 g/mol. The molecule has 0 aliphatic heterocycles. The summed E-state index contributed by atoms with van der Waals surface area (Å²) in [6.45, 7) is 5.70. The van der Waals surface area contributed by atoms with Gasteiger partial charge >= 0.3 is 6.03 Å². The van der Waals surface area contributed by atoms with Crippen LogP contribution in [0.5, 0.6) is 0 Å². The SMILES string of the molecule is CCC(NC(=O)N(C1CC1)C(C)c1ccco1)c1noc(C)n1. The maximum atomic E-state index is 12.8. The summed E-state index contributed by atoms with van der Waals surface area (Å²) in [4.78, 5) is 18.9. The second-order valence-corrected chi connectivity index (χ2v) is 5.91. The average Bonchev–Trinajstić information content (AvgIpc) is 3.03. The summed E-state index contributed by atoms with van der Waals surface area (Å²) < 4.78 is 10.5. The minimum atomic E-state index is -0.259. The number of furan rings is 1. The lowest BCUT2D eigenvalue weighted by Crippen LogP contribution is -2.44. The Labute approximate surface area is 135 Å². The largest absolute Gasteiger partial charge is 0.467 e. The molecule has 1 saturated carbocycles. The molecule has 2 atom stereocenters. The van der Waals surface area contributed by atoms with Crippen molar-refractivity contribution in [2.24, 2.45) is 0 Å². The fourth-order valence-electron chi connectivity index (χ4n) is 2.71. The van der Waals surface area contributed by atoms with Gasteiger partial charge in [-0.1, -0.05) is 12.1 Å². The lowest BCUT2D eigenvalue weighted by molar-refractivity contribution is 0.161. The molecule has 2 amide bonds. The Morgan fingerprint density at radius 3 is 2.83 bits per heavy atom. The lowest BCUT2D eigenvalue weighted by atomic mass is 10.2. The predicted octanol–water partition coefficient (Wildman–Crippen LogP) is 3.36. The zero-order chi connectivity index (χ0) is 16.4. The fourth-order valence-corrected chi connectivity index (χ4v) is 2.71. The van der Waals surface area contributed by atoms with Crippen molar-refractivity contribution in [3.63, 3.8) is 0 Å². The number of aromatic nitrogens is 2. The van der Waals surface area contributed by atoms with E-state index in [4.69, 9.17) is 8.94 Å². The minimum absolute atomic E-state index is 0.109. The van der Waals surface area contributed by atoms with E-state index in [0.29, 0.717) is 18.1 Å². The van der Waals surface area contributed by atoms with E-state index in [0.717, 1.165) is 18.6 Å². The lowest BCUT2D eigenvalue weighted by Gasteiger charge is -2.29. The summed E-state index contributed by atoms with van der Waals surface area (Å²) in [7, 11) is 0. The Hall–Kier alpha value is -2.31.